The average Bonchev–Trinajstić information content (AvgIpc) is 3.15. The normalized spacial score (nSPS) is 19.0. The van der Waals surface area contributed by atoms with Crippen molar-refractivity contribution in [2.75, 3.05) is 13.6 Å². The maximum absolute atomic E-state index is 6.03. The van der Waals surface area contributed by atoms with E-state index < -0.39 is 0 Å². The fraction of sp³-hybridized carbons (Fsp3) is 0.588. The van der Waals surface area contributed by atoms with E-state index in [1.54, 1.807) is 0 Å². The van der Waals surface area contributed by atoms with Crippen molar-refractivity contribution >= 4 is 0 Å². The molecule has 6 heteroatoms. The van der Waals surface area contributed by atoms with Gasteiger partial charge >= 0.3 is 0 Å². The number of nitrogens with one attached hydrogen (secondary N) is 1. The number of hydrogen-bond donors (Lipinski definition) is 1. The van der Waals surface area contributed by atoms with Gasteiger partial charge in [0.1, 0.15) is 11.9 Å². The van der Waals surface area contributed by atoms with E-state index in [1.807, 2.05) is 13.8 Å². The summed E-state index contributed by atoms with van der Waals surface area (Å²) < 4.78 is 6.03. The molecule has 0 unspecified atom stereocenters. The number of rotatable bonds is 4. The lowest BCUT2D eigenvalue weighted by Gasteiger charge is -2.20. The van der Waals surface area contributed by atoms with Crippen LogP contribution < -0.4 is 4.74 Å². The molecule has 0 saturated carbocycles. The third-order valence-corrected chi connectivity index (χ3v) is 4.82. The Morgan fingerprint density at radius 1 is 1.22 bits per heavy atom. The van der Waals surface area contributed by atoms with Gasteiger partial charge in [0.15, 0.2) is 0 Å². The molecule has 0 spiro atoms. The van der Waals surface area contributed by atoms with Crippen LogP contribution in [0.4, 0.5) is 0 Å². The number of ether oxygens (including phenoxy) is 1. The highest BCUT2D eigenvalue weighted by Gasteiger charge is 2.28. The van der Waals surface area contributed by atoms with Gasteiger partial charge in [-0.1, -0.05) is 0 Å². The van der Waals surface area contributed by atoms with E-state index in [0.29, 0.717) is 0 Å². The second-order valence-electron chi connectivity index (χ2n) is 6.76. The number of hydrogen-bond acceptors (Lipinski definition) is 5. The first kappa shape index (κ1) is 14.6. The highest BCUT2D eigenvalue weighted by atomic mass is 16.5. The first-order chi connectivity index (χ1) is 11.1. The molecule has 2 aliphatic rings. The number of likely N-dealkylation sites (N-methyl/N-ethyl adjacent to an activating group) is 1. The summed E-state index contributed by atoms with van der Waals surface area (Å²) in [7, 11) is 2.13. The molecule has 1 atom stereocenters. The Balaban J connectivity index is 1.40. The first-order valence-electron chi connectivity index (χ1n) is 8.34. The Hall–Kier alpha value is -1.95. The van der Waals surface area contributed by atoms with Crippen LogP contribution in [0.2, 0.25) is 0 Å². The molecule has 3 heterocycles. The summed E-state index contributed by atoms with van der Waals surface area (Å²) in [6.45, 7) is 5.69. The number of aromatic nitrogens is 4. The Bertz CT molecular complexity index is 739. The zero-order chi connectivity index (χ0) is 16.0. The predicted octanol–water partition coefficient (Wildman–Crippen LogP) is 1.74. The number of nitrogens with zero attached hydrogens (tertiary/aromatic N) is 4. The van der Waals surface area contributed by atoms with Crippen LogP contribution in [0.25, 0.3) is 0 Å². The SMILES string of the molecule is Cc1nc(C)c2c(n1)O[C@@H](CN(C)Cc1n[nH]c3c1CCC3)C2. The van der Waals surface area contributed by atoms with Crippen LogP contribution in [0.1, 0.15) is 40.5 Å². The van der Waals surface area contributed by atoms with Crippen molar-refractivity contribution in [3.05, 3.63) is 34.0 Å². The quantitative estimate of drug-likeness (QED) is 0.931. The van der Waals surface area contributed by atoms with Crippen LogP contribution in [0.15, 0.2) is 0 Å². The third-order valence-electron chi connectivity index (χ3n) is 4.82. The molecule has 2 aromatic heterocycles. The summed E-state index contributed by atoms with van der Waals surface area (Å²) in [5, 5.41) is 7.67. The van der Waals surface area contributed by atoms with Gasteiger partial charge in [0.05, 0.1) is 5.69 Å². The van der Waals surface area contributed by atoms with Gasteiger partial charge in [-0.25, -0.2) is 4.98 Å². The van der Waals surface area contributed by atoms with Gasteiger partial charge in [-0.15, -0.1) is 0 Å². The fourth-order valence-corrected chi connectivity index (χ4v) is 3.75. The van der Waals surface area contributed by atoms with Crippen LogP contribution >= 0.6 is 0 Å². The van der Waals surface area contributed by atoms with Crippen molar-refractivity contribution in [1.82, 2.24) is 25.1 Å². The molecule has 1 aliphatic carbocycles. The van der Waals surface area contributed by atoms with E-state index in [2.05, 4.69) is 32.1 Å². The molecular formula is C17H23N5O. The molecule has 0 radical (unpaired) electrons. The van der Waals surface area contributed by atoms with E-state index in [4.69, 9.17) is 4.74 Å². The van der Waals surface area contributed by atoms with E-state index in [-0.39, 0.29) is 6.10 Å². The van der Waals surface area contributed by atoms with Crippen molar-refractivity contribution in [2.45, 2.75) is 52.2 Å². The Kier molecular flexibility index (Phi) is 3.56. The van der Waals surface area contributed by atoms with Gasteiger partial charge < -0.3 is 4.74 Å². The van der Waals surface area contributed by atoms with Crippen LogP contribution in [0, 0.1) is 13.8 Å². The minimum absolute atomic E-state index is 0.150. The van der Waals surface area contributed by atoms with Gasteiger partial charge in [-0.2, -0.15) is 10.1 Å². The maximum atomic E-state index is 6.03. The highest BCUT2D eigenvalue weighted by molar-refractivity contribution is 5.35. The maximum Gasteiger partial charge on any atom is 0.220 e. The minimum Gasteiger partial charge on any atom is -0.472 e. The van der Waals surface area contributed by atoms with Crippen molar-refractivity contribution in [3.63, 3.8) is 0 Å². The molecule has 23 heavy (non-hydrogen) atoms. The largest absolute Gasteiger partial charge is 0.472 e. The summed E-state index contributed by atoms with van der Waals surface area (Å²) in [6.07, 6.45) is 4.60. The zero-order valence-electron chi connectivity index (χ0n) is 14.0. The molecular weight excluding hydrogens is 290 g/mol. The molecule has 1 aliphatic heterocycles. The van der Waals surface area contributed by atoms with Gasteiger partial charge in [-0.05, 0) is 45.7 Å². The lowest BCUT2D eigenvalue weighted by atomic mass is 10.1. The summed E-state index contributed by atoms with van der Waals surface area (Å²) in [5.41, 5.74) is 6.17. The minimum atomic E-state index is 0.150. The summed E-state index contributed by atoms with van der Waals surface area (Å²) in [5.74, 6) is 1.55. The molecule has 0 bridgehead atoms. The molecule has 0 aromatic carbocycles. The summed E-state index contributed by atoms with van der Waals surface area (Å²) >= 11 is 0. The Labute approximate surface area is 136 Å². The molecule has 2 aromatic rings. The van der Waals surface area contributed by atoms with E-state index >= 15 is 0 Å². The van der Waals surface area contributed by atoms with Crippen molar-refractivity contribution in [1.29, 1.82) is 0 Å². The van der Waals surface area contributed by atoms with Crippen LogP contribution in [0.3, 0.4) is 0 Å². The van der Waals surface area contributed by atoms with E-state index in [9.17, 15) is 0 Å². The fourth-order valence-electron chi connectivity index (χ4n) is 3.75. The number of fused-ring (bicyclic) bond motifs is 2. The Morgan fingerprint density at radius 3 is 2.96 bits per heavy atom. The third kappa shape index (κ3) is 2.72. The van der Waals surface area contributed by atoms with Crippen LogP contribution in [-0.2, 0) is 25.8 Å². The van der Waals surface area contributed by atoms with E-state index in [0.717, 1.165) is 55.3 Å². The standard InChI is InChI=1S/C17H23N5O/c1-10-14-7-12(23-17(14)19-11(2)18-10)8-22(3)9-16-13-5-4-6-15(13)20-21-16/h12H,4-9H2,1-3H3,(H,20,21)/t12-/m1/s1. The van der Waals surface area contributed by atoms with Crippen molar-refractivity contribution in [3.8, 4) is 5.88 Å². The summed E-state index contributed by atoms with van der Waals surface area (Å²) in [6, 6.07) is 0. The number of H-pyrrole nitrogens is 1. The average molecular weight is 313 g/mol. The highest BCUT2D eigenvalue weighted by Crippen LogP contribution is 2.29. The lowest BCUT2D eigenvalue weighted by molar-refractivity contribution is 0.159. The summed E-state index contributed by atoms with van der Waals surface area (Å²) in [4.78, 5) is 11.2. The number of aromatic amines is 1. The molecule has 4 rings (SSSR count). The van der Waals surface area contributed by atoms with Gasteiger partial charge in [0.25, 0.3) is 0 Å². The van der Waals surface area contributed by atoms with Crippen LogP contribution in [-0.4, -0.2) is 44.8 Å². The number of aryl methyl sites for hydroxylation is 3. The molecule has 122 valence electrons. The van der Waals surface area contributed by atoms with Gasteiger partial charge in [0, 0.05) is 36.5 Å². The second-order valence-corrected chi connectivity index (χ2v) is 6.76. The van der Waals surface area contributed by atoms with Gasteiger partial charge in [0.2, 0.25) is 5.88 Å². The lowest BCUT2D eigenvalue weighted by Crippen LogP contribution is -2.32. The van der Waals surface area contributed by atoms with Crippen LogP contribution in [0.5, 0.6) is 5.88 Å². The molecule has 1 N–H and O–H groups in total. The Morgan fingerprint density at radius 2 is 2.09 bits per heavy atom. The van der Waals surface area contributed by atoms with E-state index in [1.165, 1.54) is 23.4 Å². The molecule has 0 fully saturated rings. The first-order valence-corrected chi connectivity index (χ1v) is 8.34. The van der Waals surface area contributed by atoms with Gasteiger partial charge in [-0.3, -0.25) is 10.00 Å². The topological polar surface area (TPSA) is 66.9 Å². The van der Waals surface area contributed by atoms with Crippen molar-refractivity contribution < 1.29 is 4.74 Å². The van der Waals surface area contributed by atoms with Crippen molar-refractivity contribution in [2.24, 2.45) is 0 Å². The molecule has 0 saturated heterocycles. The second kappa shape index (κ2) is 5.60. The molecule has 6 nitrogen and oxygen atoms in total. The molecule has 0 amide bonds. The smallest absolute Gasteiger partial charge is 0.220 e. The predicted molar refractivity (Wildman–Crippen MR) is 86.6 cm³/mol. The zero-order valence-corrected chi connectivity index (χ0v) is 14.0. The monoisotopic (exact) mass is 313 g/mol.